The van der Waals surface area contributed by atoms with Crippen LogP contribution in [-0.2, 0) is 4.74 Å². The SMILES string of the molecule is CCNCCCC(C)OC(=O)NC(C)(C)C. The van der Waals surface area contributed by atoms with Gasteiger partial charge in [-0.3, -0.25) is 0 Å². The molecule has 0 aromatic rings. The second-order valence-corrected chi connectivity index (χ2v) is 5.09. The molecule has 0 spiro atoms. The molecule has 1 amide bonds. The Morgan fingerprint density at radius 2 is 2.00 bits per heavy atom. The molecule has 96 valence electrons. The second kappa shape index (κ2) is 7.49. The van der Waals surface area contributed by atoms with E-state index in [-0.39, 0.29) is 17.7 Å². The molecule has 0 saturated carbocycles. The highest BCUT2D eigenvalue weighted by molar-refractivity contribution is 5.68. The Bertz CT molecular complexity index is 200. The Hall–Kier alpha value is -0.770. The molecule has 1 unspecified atom stereocenters. The summed E-state index contributed by atoms with van der Waals surface area (Å²) in [5.74, 6) is 0. The Morgan fingerprint density at radius 1 is 1.38 bits per heavy atom. The summed E-state index contributed by atoms with van der Waals surface area (Å²) < 4.78 is 5.23. The van der Waals surface area contributed by atoms with Crippen LogP contribution in [0.25, 0.3) is 0 Å². The average Bonchev–Trinajstić information content (AvgIpc) is 2.09. The Morgan fingerprint density at radius 3 is 2.50 bits per heavy atom. The topological polar surface area (TPSA) is 50.4 Å². The van der Waals surface area contributed by atoms with Gasteiger partial charge in [0.25, 0.3) is 0 Å². The fourth-order valence-corrected chi connectivity index (χ4v) is 1.27. The number of alkyl carbamates (subject to hydrolysis) is 1. The van der Waals surface area contributed by atoms with Gasteiger partial charge in [0.2, 0.25) is 0 Å². The number of carbonyl (C=O) groups is 1. The van der Waals surface area contributed by atoms with Crippen molar-refractivity contribution in [2.75, 3.05) is 13.1 Å². The van der Waals surface area contributed by atoms with Crippen LogP contribution < -0.4 is 10.6 Å². The first-order valence-electron chi connectivity index (χ1n) is 6.04. The van der Waals surface area contributed by atoms with Crippen LogP contribution in [0.15, 0.2) is 0 Å². The predicted molar refractivity (Wildman–Crippen MR) is 66.6 cm³/mol. The van der Waals surface area contributed by atoms with E-state index in [4.69, 9.17) is 4.74 Å². The highest BCUT2D eigenvalue weighted by atomic mass is 16.6. The predicted octanol–water partition coefficient (Wildman–Crippen LogP) is 2.29. The third-order valence-electron chi connectivity index (χ3n) is 2.00. The van der Waals surface area contributed by atoms with Gasteiger partial charge in [-0.2, -0.15) is 0 Å². The highest BCUT2D eigenvalue weighted by Crippen LogP contribution is 2.04. The number of hydrogen-bond donors (Lipinski definition) is 2. The van der Waals surface area contributed by atoms with Crippen molar-refractivity contribution in [2.45, 2.75) is 59.1 Å². The number of rotatable bonds is 6. The molecule has 0 aliphatic carbocycles. The van der Waals surface area contributed by atoms with Gasteiger partial charge in [-0.15, -0.1) is 0 Å². The van der Waals surface area contributed by atoms with Gasteiger partial charge < -0.3 is 15.4 Å². The van der Waals surface area contributed by atoms with Gasteiger partial charge in [0.15, 0.2) is 0 Å². The third-order valence-corrected chi connectivity index (χ3v) is 2.00. The lowest BCUT2D eigenvalue weighted by Crippen LogP contribution is -2.42. The van der Waals surface area contributed by atoms with E-state index >= 15 is 0 Å². The van der Waals surface area contributed by atoms with Crippen molar-refractivity contribution in [1.29, 1.82) is 0 Å². The van der Waals surface area contributed by atoms with Crippen LogP contribution in [0.4, 0.5) is 4.79 Å². The maximum atomic E-state index is 11.4. The molecule has 0 aliphatic rings. The summed E-state index contributed by atoms with van der Waals surface area (Å²) >= 11 is 0. The quantitative estimate of drug-likeness (QED) is 0.688. The molecule has 0 bridgehead atoms. The fourth-order valence-electron chi connectivity index (χ4n) is 1.27. The number of hydrogen-bond acceptors (Lipinski definition) is 3. The zero-order valence-corrected chi connectivity index (χ0v) is 11.2. The van der Waals surface area contributed by atoms with E-state index in [1.807, 2.05) is 27.7 Å². The highest BCUT2D eigenvalue weighted by Gasteiger charge is 2.16. The first kappa shape index (κ1) is 15.2. The third kappa shape index (κ3) is 9.77. The van der Waals surface area contributed by atoms with E-state index in [1.165, 1.54) is 0 Å². The molecule has 0 aliphatic heterocycles. The molecule has 16 heavy (non-hydrogen) atoms. The van der Waals surface area contributed by atoms with Gasteiger partial charge in [-0.25, -0.2) is 4.79 Å². The van der Waals surface area contributed by atoms with Crippen molar-refractivity contribution < 1.29 is 9.53 Å². The lowest BCUT2D eigenvalue weighted by Gasteiger charge is -2.22. The van der Waals surface area contributed by atoms with Crippen molar-refractivity contribution in [1.82, 2.24) is 10.6 Å². The zero-order valence-electron chi connectivity index (χ0n) is 11.2. The summed E-state index contributed by atoms with van der Waals surface area (Å²) in [5, 5.41) is 6.01. The van der Waals surface area contributed by atoms with E-state index < -0.39 is 0 Å². The summed E-state index contributed by atoms with van der Waals surface area (Å²) in [7, 11) is 0. The molecule has 0 rings (SSSR count). The molecule has 0 radical (unpaired) electrons. The zero-order chi connectivity index (χ0) is 12.6. The molecule has 4 nitrogen and oxygen atoms in total. The minimum Gasteiger partial charge on any atom is -0.447 e. The summed E-state index contributed by atoms with van der Waals surface area (Å²) in [5.41, 5.74) is -0.236. The van der Waals surface area contributed by atoms with Crippen molar-refractivity contribution >= 4 is 6.09 Å². The molecular weight excluding hydrogens is 204 g/mol. The van der Waals surface area contributed by atoms with E-state index in [0.29, 0.717) is 0 Å². The lowest BCUT2D eigenvalue weighted by atomic mass is 10.1. The molecule has 4 heteroatoms. The second-order valence-electron chi connectivity index (χ2n) is 5.09. The van der Waals surface area contributed by atoms with Crippen molar-refractivity contribution in [3.8, 4) is 0 Å². The van der Waals surface area contributed by atoms with Crippen LogP contribution in [0.1, 0.15) is 47.5 Å². The minimum atomic E-state index is -0.330. The largest absolute Gasteiger partial charge is 0.447 e. The molecule has 2 N–H and O–H groups in total. The van der Waals surface area contributed by atoms with Gasteiger partial charge >= 0.3 is 6.09 Å². The van der Waals surface area contributed by atoms with Gasteiger partial charge in [0.1, 0.15) is 6.10 Å². The molecule has 0 aromatic heterocycles. The van der Waals surface area contributed by atoms with Gasteiger partial charge in [-0.05, 0) is 53.6 Å². The van der Waals surface area contributed by atoms with Crippen molar-refractivity contribution in [3.05, 3.63) is 0 Å². The smallest absolute Gasteiger partial charge is 0.407 e. The normalized spacial score (nSPS) is 13.3. The Kier molecular flexibility index (Phi) is 7.13. The van der Waals surface area contributed by atoms with Gasteiger partial charge in [0, 0.05) is 5.54 Å². The van der Waals surface area contributed by atoms with Gasteiger partial charge in [-0.1, -0.05) is 6.92 Å². The Balaban J connectivity index is 3.62. The molecular formula is C12H26N2O2. The summed E-state index contributed by atoms with van der Waals surface area (Å²) in [6.07, 6.45) is 1.56. The van der Waals surface area contributed by atoms with Crippen LogP contribution in [0.2, 0.25) is 0 Å². The molecule has 0 aromatic carbocycles. The molecule has 0 saturated heterocycles. The van der Waals surface area contributed by atoms with Crippen LogP contribution in [0.5, 0.6) is 0 Å². The fraction of sp³-hybridized carbons (Fsp3) is 0.917. The van der Waals surface area contributed by atoms with Crippen LogP contribution in [0, 0.1) is 0 Å². The number of amides is 1. The van der Waals surface area contributed by atoms with Crippen LogP contribution in [0.3, 0.4) is 0 Å². The van der Waals surface area contributed by atoms with E-state index in [1.54, 1.807) is 0 Å². The van der Waals surface area contributed by atoms with E-state index in [9.17, 15) is 4.79 Å². The maximum Gasteiger partial charge on any atom is 0.407 e. The monoisotopic (exact) mass is 230 g/mol. The number of nitrogens with one attached hydrogen (secondary N) is 2. The standard InChI is InChI=1S/C12H26N2O2/c1-6-13-9-7-8-10(2)16-11(15)14-12(3,4)5/h10,13H,6-9H2,1-5H3,(H,14,15). The van der Waals surface area contributed by atoms with Crippen molar-refractivity contribution in [3.63, 3.8) is 0 Å². The van der Waals surface area contributed by atoms with Crippen LogP contribution >= 0.6 is 0 Å². The minimum absolute atomic E-state index is 0.0268. The summed E-state index contributed by atoms with van der Waals surface area (Å²) in [6, 6.07) is 0. The van der Waals surface area contributed by atoms with Crippen LogP contribution in [-0.4, -0.2) is 30.8 Å². The maximum absolute atomic E-state index is 11.4. The Labute approximate surface area is 99.1 Å². The average molecular weight is 230 g/mol. The molecule has 0 heterocycles. The first-order valence-corrected chi connectivity index (χ1v) is 6.04. The van der Waals surface area contributed by atoms with E-state index in [2.05, 4.69) is 17.6 Å². The van der Waals surface area contributed by atoms with Gasteiger partial charge in [0.05, 0.1) is 0 Å². The summed E-state index contributed by atoms with van der Waals surface area (Å²) in [6.45, 7) is 11.8. The van der Waals surface area contributed by atoms with E-state index in [0.717, 1.165) is 25.9 Å². The lowest BCUT2D eigenvalue weighted by molar-refractivity contribution is 0.0946. The first-order chi connectivity index (χ1) is 7.35. The molecule has 1 atom stereocenters. The number of carbonyl (C=O) groups excluding carboxylic acids is 1. The molecule has 0 fully saturated rings. The van der Waals surface area contributed by atoms with Crippen molar-refractivity contribution in [2.24, 2.45) is 0 Å². The number of ether oxygens (including phenoxy) is 1. The summed E-state index contributed by atoms with van der Waals surface area (Å²) in [4.78, 5) is 11.4.